The average molecular weight is 183 g/mol. The van der Waals surface area contributed by atoms with Crippen molar-refractivity contribution in [3.8, 4) is 16.9 Å². The fourth-order valence-corrected chi connectivity index (χ4v) is 1.42. The van der Waals surface area contributed by atoms with Crippen LogP contribution in [0.25, 0.3) is 11.1 Å². The largest absolute Gasteiger partial charge is 0.496 e. The first-order chi connectivity index (χ1) is 6.92. The van der Waals surface area contributed by atoms with Crippen LogP contribution in [0.4, 0.5) is 0 Å². The highest BCUT2D eigenvalue weighted by Gasteiger charge is 2.02. The van der Waals surface area contributed by atoms with Crippen LogP contribution in [0.5, 0.6) is 5.75 Å². The molecule has 0 spiro atoms. The maximum atomic E-state index is 5.27. The fourth-order valence-electron chi connectivity index (χ4n) is 1.42. The van der Waals surface area contributed by atoms with Crippen LogP contribution in [0, 0.1) is 6.07 Å². The number of rotatable bonds is 2. The topological polar surface area (TPSA) is 9.23 Å². The maximum Gasteiger partial charge on any atom is 0.127 e. The van der Waals surface area contributed by atoms with Crippen LogP contribution < -0.4 is 4.74 Å². The van der Waals surface area contributed by atoms with E-state index in [9.17, 15) is 0 Å². The Kier molecular flexibility index (Phi) is 2.50. The highest BCUT2D eigenvalue weighted by Crippen LogP contribution is 2.28. The molecule has 2 aromatic rings. The van der Waals surface area contributed by atoms with Crippen molar-refractivity contribution in [3.05, 3.63) is 54.6 Å². The summed E-state index contributed by atoms with van der Waals surface area (Å²) < 4.78 is 5.27. The summed E-state index contributed by atoms with van der Waals surface area (Å²) in [5.74, 6) is 0.860. The van der Waals surface area contributed by atoms with Gasteiger partial charge in [0.15, 0.2) is 0 Å². The van der Waals surface area contributed by atoms with Gasteiger partial charge in [0.1, 0.15) is 5.75 Å². The Balaban J connectivity index is 2.51. The van der Waals surface area contributed by atoms with Gasteiger partial charge in [-0.3, -0.25) is 0 Å². The van der Waals surface area contributed by atoms with Gasteiger partial charge in [-0.15, -0.1) is 0 Å². The number of hydrogen-bond donors (Lipinski definition) is 0. The van der Waals surface area contributed by atoms with E-state index < -0.39 is 0 Å². The van der Waals surface area contributed by atoms with Crippen LogP contribution in [0.1, 0.15) is 0 Å². The Morgan fingerprint density at radius 2 is 1.79 bits per heavy atom. The second kappa shape index (κ2) is 3.97. The second-order valence-electron chi connectivity index (χ2n) is 2.98. The van der Waals surface area contributed by atoms with E-state index in [-0.39, 0.29) is 0 Å². The molecule has 14 heavy (non-hydrogen) atoms. The van der Waals surface area contributed by atoms with Crippen molar-refractivity contribution in [2.24, 2.45) is 0 Å². The van der Waals surface area contributed by atoms with Crippen molar-refractivity contribution in [1.29, 1.82) is 0 Å². The van der Waals surface area contributed by atoms with Crippen LogP contribution >= 0.6 is 0 Å². The lowest BCUT2D eigenvalue weighted by atomic mass is 10.1. The summed E-state index contributed by atoms with van der Waals surface area (Å²) in [6, 6.07) is 19.1. The molecule has 1 radical (unpaired) electrons. The third-order valence-electron chi connectivity index (χ3n) is 2.10. The molecule has 1 heteroatoms. The minimum absolute atomic E-state index is 0.860. The lowest BCUT2D eigenvalue weighted by Gasteiger charge is -2.06. The Morgan fingerprint density at radius 3 is 2.50 bits per heavy atom. The van der Waals surface area contributed by atoms with Crippen LogP contribution in [0.2, 0.25) is 0 Å². The molecule has 2 aromatic carbocycles. The number of ether oxygens (including phenoxy) is 1. The zero-order chi connectivity index (χ0) is 9.80. The molecule has 2 rings (SSSR count). The molecule has 1 nitrogen and oxygen atoms in total. The standard InChI is InChI=1S/C13H11O/c1-14-13-10-6-5-9-12(13)11-7-3-2-4-8-11/h2-8,10H,1H3. The first-order valence-corrected chi connectivity index (χ1v) is 4.52. The Bertz CT molecular complexity index is 407. The van der Waals surface area contributed by atoms with Crippen molar-refractivity contribution in [1.82, 2.24) is 0 Å². The monoisotopic (exact) mass is 183 g/mol. The molecule has 0 aliphatic heterocycles. The predicted octanol–water partition coefficient (Wildman–Crippen LogP) is 3.16. The van der Waals surface area contributed by atoms with E-state index in [1.807, 2.05) is 48.5 Å². The van der Waals surface area contributed by atoms with Crippen molar-refractivity contribution in [3.63, 3.8) is 0 Å². The smallest absolute Gasteiger partial charge is 0.127 e. The van der Waals surface area contributed by atoms with Gasteiger partial charge in [-0.2, -0.15) is 0 Å². The second-order valence-corrected chi connectivity index (χ2v) is 2.98. The summed E-state index contributed by atoms with van der Waals surface area (Å²) in [7, 11) is 1.68. The molecule has 0 atom stereocenters. The van der Waals surface area contributed by atoms with E-state index in [0.29, 0.717) is 0 Å². The Labute approximate surface area is 84.0 Å². The van der Waals surface area contributed by atoms with E-state index in [1.54, 1.807) is 7.11 Å². The molecule has 0 saturated carbocycles. The molecule has 0 heterocycles. The van der Waals surface area contributed by atoms with Crippen LogP contribution in [-0.4, -0.2) is 7.11 Å². The van der Waals surface area contributed by atoms with E-state index in [4.69, 9.17) is 4.74 Å². The predicted molar refractivity (Wildman–Crippen MR) is 57.3 cm³/mol. The van der Waals surface area contributed by atoms with Gasteiger partial charge in [-0.05, 0) is 17.7 Å². The van der Waals surface area contributed by atoms with Gasteiger partial charge in [0.25, 0.3) is 0 Å². The highest BCUT2D eigenvalue weighted by atomic mass is 16.5. The van der Waals surface area contributed by atoms with Crippen molar-refractivity contribution < 1.29 is 4.74 Å². The fraction of sp³-hybridized carbons (Fsp3) is 0.0769. The van der Waals surface area contributed by atoms with Gasteiger partial charge >= 0.3 is 0 Å². The van der Waals surface area contributed by atoms with Crippen LogP contribution in [0.3, 0.4) is 0 Å². The maximum absolute atomic E-state index is 5.27. The van der Waals surface area contributed by atoms with Crippen molar-refractivity contribution >= 4 is 0 Å². The molecule has 69 valence electrons. The SMILES string of the molecule is COc1ccc[c]c1-c1ccccc1. The average Bonchev–Trinajstić information content (AvgIpc) is 2.30. The minimum atomic E-state index is 0.860. The molecule has 0 unspecified atom stereocenters. The summed E-state index contributed by atoms with van der Waals surface area (Å²) >= 11 is 0. The van der Waals surface area contributed by atoms with E-state index in [0.717, 1.165) is 16.9 Å². The molecule has 0 amide bonds. The van der Waals surface area contributed by atoms with Crippen molar-refractivity contribution in [2.45, 2.75) is 0 Å². The molecular formula is C13H11O. The van der Waals surface area contributed by atoms with Crippen molar-refractivity contribution in [2.75, 3.05) is 7.11 Å². The van der Waals surface area contributed by atoms with Gasteiger partial charge in [0.05, 0.1) is 7.11 Å². The first-order valence-electron chi connectivity index (χ1n) is 4.52. The Morgan fingerprint density at radius 1 is 1.00 bits per heavy atom. The molecule has 0 N–H and O–H groups in total. The summed E-state index contributed by atoms with van der Waals surface area (Å²) in [5.41, 5.74) is 2.14. The molecule has 0 aliphatic carbocycles. The lowest BCUT2D eigenvalue weighted by molar-refractivity contribution is 0.416. The third kappa shape index (κ3) is 1.62. The van der Waals surface area contributed by atoms with Gasteiger partial charge in [0, 0.05) is 5.56 Å². The molecule has 0 bridgehead atoms. The molecule has 0 saturated heterocycles. The van der Waals surface area contributed by atoms with Crippen LogP contribution in [0.15, 0.2) is 48.5 Å². The number of benzene rings is 2. The summed E-state index contributed by atoms with van der Waals surface area (Å²) in [6.07, 6.45) is 0. The van der Waals surface area contributed by atoms with E-state index in [1.165, 1.54) is 0 Å². The summed E-state index contributed by atoms with van der Waals surface area (Å²) in [4.78, 5) is 0. The molecule has 0 aromatic heterocycles. The quantitative estimate of drug-likeness (QED) is 0.694. The van der Waals surface area contributed by atoms with Gasteiger partial charge < -0.3 is 4.74 Å². The normalized spacial score (nSPS) is 9.79. The highest BCUT2D eigenvalue weighted by molar-refractivity contribution is 5.69. The molecule has 0 aliphatic rings. The van der Waals surface area contributed by atoms with Gasteiger partial charge in [-0.1, -0.05) is 42.5 Å². The van der Waals surface area contributed by atoms with E-state index >= 15 is 0 Å². The first kappa shape index (κ1) is 8.82. The lowest BCUT2D eigenvalue weighted by Crippen LogP contribution is -1.86. The number of methoxy groups -OCH3 is 1. The molecular weight excluding hydrogens is 172 g/mol. The zero-order valence-corrected chi connectivity index (χ0v) is 8.03. The van der Waals surface area contributed by atoms with Gasteiger partial charge in [0.2, 0.25) is 0 Å². The summed E-state index contributed by atoms with van der Waals surface area (Å²) in [5, 5.41) is 0. The van der Waals surface area contributed by atoms with Crippen LogP contribution in [-0.2, 0) is 0 Å². The minimum Gasteiger partial charge on any atom is -0.496 e. The third-order valence-corrected chi connectivity index (χ3v) is 2.10. The van der Waals surface area contributed by atoms with Gasteiger partial charge in [-0.25, -0.2) is 0 Å². The van der Waals surface area contributed by atoms with E-state index in [2.05, 4.69) is 6.07 Å². The Hall–Kier alpha value is -1.76. The zero-order valence-electron chi connectivity index (χ0n) is 8.03. The summed E-state index contributed by atoms with van der Waals surface area (Å²) in [6.45, 7) is 0. The molecule has 0 fully saturated rings. The number of hydrogen-bond acceptors (Lipinski definition) is 1.